The zero-order valence-electron chi connectivity index (χ0n) is 22.6. The number of rotatable bonds is 11. The monoisotopic (exact) mass is 627 g/mol. The number of nitrogens with zero attached hydrogens (tertiary/aromatic N) is 2. The van der Waals surface area contributed by atoms with Crippen molar-refractivity contribution in [3.05, 3.63) is 130 Å². The van der Waals surface area contributed by atoms with Crippen LogP contribution in [-0.4, -0.2) is 44.8 Å². The second-order valence-electron chi connectivity index (χ2n) is 9.39. The van der Waals surface area contributed by atoms with Crippen molar-refractivity contribution in [3.63, 3.8) is 0 Å². The molecule has 0 unspecified atom stereocenters. The molecule has 0 aromatic heterocycles. The normalized spacial score (nSPS) is 11.9. The molecule has 1 atom stereocenters. The van der Waals surface area contributed by atoms with Crippen molar-refractivity contribution < 1.29 is 22.4 Å². The number of nitrogens with one attached hydrogen (secondary N) is 1. The van der Waals surface area contributed by atoms with Gasteiger partial charge in [-0.15, -0.1) is 0 Å². The molecule has 0 bridgehead atoms. The summed E-state index contributed by atoms with van der Waals surface area (Å²) in [5, 5.41) is 2.82. The van der Waals surface area contributed by atoms with Crippen LogP contribution in [0.15, 0.2) is 108 Å². The van der Waals surface area contributed by atoms with E-state index in [0.717, 1.165) is 22.0 Å². The Morgan fingerprint density at radius 2 is 1.48 bits per heavy atom. The summed E-state index contributed by atoms with van der Waals surface area (Å²) in [5.74, 6) is -1.83. The molecule has 0 heterocycles. The van der Waals surface area contributed by atoms with Crippen LogP contribution < -0.4 is 9.62 Å². The second kappa shape index (κ2) is 13.8. The molecule has 4 aromatic rings. The lowest BCUT2D eigenvalue weighted by molar-refractivity contribution is -0.139. The third kappa shape index (κ3) is 7.47. The summed E-state index contributed by atoms with van der Waals surface area (Å²) in [5.41, 5.74) is 1.47. The molecule has 1 N–H and O–H groups in total. The Kier molecular flexibility index (Phi) is 10.2. The number of carbonyl (C=O) groups excluding carboxylic acids is 2. The van der Waals surface area contributed by atoms with Crippen LogP contribution in [0.2, 0.25) is 10.0 Å². The molecule has 0 aliphatic rings. The standard InChI is InChI=1S/C31H28Cl2FN3O4S/c1-35-31(39)29(18-22-8-4-2-5-9-22)36(20-23-12-14-24(32)15-13-23)30(38)21-37(25-16-17-28(34)27(33)19-25)42(40,41)26-10-6-3-7-11-26/h2-17,19,29H,18,20-21H2,1H3,(H,35,39)/t29-/m0/s1. The maximum atomic E-state index is 14.2. The minimum atomic E-state index is -4.31. The van der Waals surface area contributed by atoms with Crippen molar-refractivity contribution in [1.82, 2.24) is 10.2 Å². The highest BCUT2D eigenvalue weighted by Gasteiger charge is 2.34. The fourth-order valence-corrected chi connectivity index (χ4v) is 6.12. The number of anilines is 1. The smallest absolute Gasteiger partial charge is 0.264 e. The number of sulfonamides is 1. The third-order valence-electron chi connectivity index (χ3n) is 6.58. The van der Waals surface area contributed by atoms with Crippen LogP contribution in [0.5, 0.6) is 0 Å². The van der Waals surface area contributed by atoms with E-state index in [4.69, 9.17) is 23.2 Å². The number of halogens is 3. The van der Waals surface area contributed by atoms with Gasteiger partial charge in [-0.1, -0.05) is 83.9 Å². The Labute approximate surface area is 254 Å². The zero-order valence-corrected chi connectivity index (χ0v) is 24.9. The first-order valence-corrected chi connectivity index (χ1v) is 15.1. The first kappa shape index (κ1) is 31.0. The van der Waals surface area contributed by atoms with E-state index in [9.17, 15) is 22.4 Å². The maximum absolute atomic E-state index is 14.2. The molecule has 0 spiro atoms. The Hall–Kier alpha value is -3.92. The zero-order chi connectivity index (χ0) is 30.3. The number of carbonyl (C=O) groups is 2. The Morgan fingerprint density at radius 3 is 2.07 bits per heavy atom. The van der Waals surface area contributed by atoms with Crippen LogP contribution >= 0.6 is 23.2 Å². The van der Waals surface area contributed by atoms with Gasteiger partial charge in [-0.05, 0) is 53.6 Å². The van der Waals surface area contributed by atoms with E-state index >= 15 is 0 Å². The van der Waals surface area contributed by atoms with Crippen molar-refractivity contribution in [3.8, 4) is 0 Å². The van der Waals surface area contributed by atoms with Crippen LogP contribution in [0.25, 0.3) is 0 Å². The molecule has 42 heavy (non-hydrogen) atoms. The summed E-state index contributed by atoms with van der Waals surface area (Å²) in [6.45, 7) is -0.695. The van der Waals surface area contributed by atoms with Gasteiger partial charge >= 0.3 is 0 Å². The van der Waals surface area contributed by atoms with Crippen molar-refractivity contribution in [1.29, 1.82) is 0 Å². The van der Waals surface area contributed by atoms with Gasteiger partial charge in [0.25, 0.3) is 10.0 Å². The molecule has 0 aliphatic heterocycles. The number of benzene rings is 4. The third-order valence-corrected chi connectivity index (χ3v) is 8.91. The summed E-state index contributed by atoms with van der Waals surface area (Å²) >= 11 is 12.1. The van der Waals surface area contributed by atoms with Gasteiger partial charge < -0.3 is 10.2 Å². The Morgan fingerprint density at radius 1 is 0.857 bits per heavy atom. The molecule has 0 fully saturated rings. The first-order valence-electron chi connectivity index (χ1n) is 12.9. The van der Waals surface area contributed by atoms with Crippen LogP contribution in [0, 0.1) is 5.82 Å². The van der Waals surface area contributed by atoms with Crippen LogP contribution in [0.1, 0.15) is 11.1 Å². The van der Waals surface area contributed by atoms with Gasteiger partial charge in [0.05, 0.1) is 15.6 Å². The summed E-state index contributed by atoms with van der Waals surface area (Å²) < 4.78 is 42.6. The molecule has 4 aromatic carbocycles. The fourth-order valence-electron chi connectivity index (χ4n) is 4.40. The highest BCUT2D eigenvalue weighted by Crippen LogP contribution is 2.28. The second-order valence-corrected chi connectivity index (χ2v) is 12.1. The lowest BCUT2D eigenvalue weighted by Crippen LogP contribution is -2.53. The fraction of sp³-hybridized carbons (Fsp3) is 0.161. The maximum Gasteiger partial charge on any atom is 0.264 e. The molecule has 0 aliphatic carbocycles. The van der Waals surface area contributed by atoms with Gasteiger partial charge in [0.15, 0.2) is 0 Å². The molecule has 2 amide bonds. The van der Waals surface area contributed by atoms with Crippen LogP contribution in [0.3, 0.4) is 0 Å². The van der Waals surface area contributed by atoms with E-state index in [-0.39, 0.29) is 28.6 Å². The van der Waals surface area contributed by atoms with Crippen LogP contribution in [-0.2, 0) is 32.6 Å². The minimum Gasteiger partial charge on any atom is -0.357 e. The van der Waals surface area contributed by atoms with Crippen molar-refractivity contribution in [2.24, 2.45) is 0 Å². The lowest BCUT2D eigenvalue weighted by Gasteiger charge is -2.33. The van der Waals surface area contributed by atoms with E-state index in [1.54, 1.807) is 42.5 Å². The van der Waals surface area contributed by atoms with Crippen LogP contribution in [0.4, 0.5) is 10.1 Å². The van der Waals surface area contributed by atoms with Crippen molar-refractivity contribution in [2.45, 2.75) is 23.9 Å². The number of hydrogen-bond acceptors (Lipinski definition) is 4. The summed E-state index contributed by atoms with van der Waals surface area (Å²) in [4.78, 5) is 28.7. The largest absolute Gasteiger partial charge is 0.357 e. The molecular weight excluding hydrogens is 600 g/mol. The van der Waals surface area contributed by atoms with E-state index in [1.807, 2.05) is 30.3 Å². The molecule has 0 saturated carbocycles. The number of amides is 2. The topological polar surface area (TPSA) is 86.8 Å². The van der Waals surface area contributed by atoms with Gasteiger partial charge in [-0.2, -0.15) is 0 Å². The highest BCUT2D eigenvalue weighted by atomic mass is 35.5. The SMILES string of the molecule is CNC(=O)[C@H](Cc1ccccc1)N(Cc1ccc(Cl)cc1)C(=O)CN(c1ccc(F)c(Cl)c1)S(=O)(=O)c1ccccc1. The molecule has 0 radical (unpaired) electrons. The Balaban J connectivity index is 1.79. The number of likely N-dealkylation sites (N-methyl/N-ethyl adjacent to an activating group) is 1. The molecule has 11 heteroatoms. The number of hydrogen-bond donors (Lipinski definition) is 1. The predicted molar refractivity (Wildman–Crippen MR) is 162 cm³/mol. The molecule has 218 valence electrons. The van der Waals surface area contributed by atoms with Gasteiger partial charge in [0.2, 0.25) is 11.8 Å². The lowest BCUT2D eigenvalue weighted by atomic mass is 10.0. The molecule has 4 rings (SSSR count). The minimum absolute atomic E-state index is 0.00960. The van der Waals surface area contributed by atoms with Gasteiger partial charge in [-0.25, -0.2) is 12.8 Å². The molecular formula is C31H28Cl2FN3O4S. The van der Waals surface area contributed by atoms with E-state index in [1.165, 1.54) is 30.1 Å². The van der Waals surface area contributed by atoms with E-state index in [2.05, 4.69) is 5.32 Å². The van der Waals surface area contributed by atoms with Gasteiger partial charge in [-0.3, -0.25) is 13.9 Å². The molecule has 7 nitrogen and oxygen atoms in total. The van der Waals surface area contributed by atoms with Crippen molar-refractivity contribution in [2.75, 3.05) is 17.9 Å². The van der Waals surface area contributed by atoms with E-state index in [0.29, 0.717) is 10.6 Å². The Bertz CT molecular complexity index is 1640. The summed E-state index contributed by atoms with van der Waals surface area (Å²) in [7, 11) is -2.84. The molecule has 0 saturated heterocycles. The summed E-state index contributed by atoms with van der Waals surface area (Å²) in [6, 6.07) is 25.9. The summed E-state index contributed by atoms with van der Waals surface area (Å²) in [6.07, 6.45) is 0.174. The predicted octanol–water partition coefficient (Wildman–Crippen LogP) is 5.71. The van der Waals surface area contributed by atoms with Gasteiger partial charge in [0.1, 0.15) is 18.4 Å². The highest BCUT2D eigenvalue weighted by molar-refractivity contribution is 7.92. The van der Waals surface area contributed by atoms with Gasteiger partial charge in [0, 0.05) is 25.0 Å². The average Bonchev–Trinajstić information content (AvgIpc) is 3.00. The average molecular weight is 629 g/mol. The van der Waals surface area contributed by atoms with E-state index < -0.39 is 40.2 Å². The van der Waals surface area contributed by atoms with Crippen molar-refractivity contribution >= 4 is 50.7 Å². The quantitative estimate of drug-likeness (QED) is 0.231. The first-order chi connectivity index (χ1) is 20.1.